The number of rotatable bonds is 7. The number of ether oxygens (including phenoxy) is 1. The zero-order chi connectivity index (χ0) is 16.5. The van der Waals surface area contributed by atoms with Crippen molar-refractivity contribution < 1.29 is 9.53 Å². The number of nitrogens with zero attached hydrogens (tertiary/aromatic N) is 1. The van der Waals surface area contributed by atoms with Crippen molar-refractivity contribution in [2.24, 2.45) is 5.10 Å². The van der Waals surface area contributed by atoms with E-state index in [-0.39, 0.29) is 5.91 Å². The Morgan fingerprint density at radius 1 is 1.00 bits per heavy atom. The Balaban J connectivity index is 2.07. The Labute approximate surface area is 137 Å². The normalized spacial score (nSPS) is 10.0. The first kappa shape index (κ1) is 16.7. The van der Waals surface area contributed by atoms with E-state index in [1.165, 1.54) is 0 Å². The Morgan fingerprint density at radius 3 is 2.35 bits per heavy atom. The highest BCUT2D eigenvalue weighted by atomic mass is 16.5. The number of carbonyl (C=O) groups is 1. The van der Waals surface area contributed by atoms with Gasteiger partial charge in [0.1, 0.15) is 12.4 Å². The molecule has 0 aliphatic heterocycles. The highest BCUT2D eigenvalue weighted by Gasteiger charge is 2.11. The van der Waals surface area contributed by atoms with Gasteiger partial charge in [0, 0.05) is 5.71 Å². The number of amides is 1. The second-order valence-corrected chi connectivity index (χ2v) is 5.10. The summed E-state index contributed by atoms with van der Waals surface area (Å²) in [6, 6.07) is 17.1. The van der Waals surface area contributed by atoms with Gasteiger partial charge in [-0.2, -0.15) is 5.10 Å². The fourth-order valence-corrected chi connectivity index (χ4v) is 2.11. The molecular weight excluding hydrogens is 288 g/mol. The fraction of sp³-hybridized carbons (Fsp3) is 0.263. The van der Waals surface area contributed by atoms with E-state index in [4.69, 9.17) is 4.74 Å². The van der Waals surface area contributed by atoms with Crippen LogP contribution in [0.3, 0.4) is 0 Å². The van der Waals surface area contributed by atoms with E-state index in [1.807, 2.05) is 56.3 Å². The lowest BCUT2D eigenvalue weighted by Gasteiger charge is -2.11. The molecule has 4 nitrogen and oxygen atoms in total. The van der Waals surface area contributed by atoms with Crippen LogP contribution >= 0.6 is 0 Å². The summed E-state index contributed by atoms with van der Waals surface area (Å²) in [7, 11) is 0. The lowest BCUT2D eigenvalue weighted by molar-refractivity contribution is 0.0950. The largest absolute Gasteiger partial charge is 0.488 e. The molecule has 0 fully saturated rings. The zero-order valence-corrected chi connectivity index (χ0v) is 13.6. The van der Waals surface area contributed by atoms with Crippen LogP contribution in [0, 0.1) is 0 Å². The molecular formula is C19H22N2O2. The van der Waals surface area contributed by atoms with Crippen molar-refractivity contribution in [3.05, 3.63) is 65.7 Å². The van der Waals surface area contributed by atoms with E-state index >= 15 is 0 Å². The average Bonchev–Trinajstić information content (AvgIpc) is 2.62. The first-order valence-electron chi connectivity index (χ1n) is 7.86. The first-order valence-corrected chi connectivity index (χ1v) is 7.86. The van der Waals surface area contributed by atoms with E-state index in [9.17, 15) is 4.79 Å². The maximum atomic E-state index is 12.3. The Hall–Kier alpha value is -2.62. The van der Waals surface area contributed by atoms with Crippen LogP contribution in [0.25, 0.3) is 0 Å². The second-order valence-electron chi connectivity index (χ2n) is 5.10. The molecule has 120 valence electrons. The van der Waals surface area contributed by atoms with Crippen molar-refractivity contribution in [2.75, 3.05) is 0 Å². The van der Waals surface area contributed by atoms with Crippen molar-refractivity contribution in [1.82, 2.24) is 5.43 Å². The smallest absolute Gasteiger partial charge is 0.275 e. The predicted molar refractivity (Wildman–Crippen MR) is 92.7 cm³/mol. The molecule has 0 atom stereocenters. The molecule has 2 aromatic carbocycles. The minimum Gasteiger partial charge on any atom is -0.488 e. The minimum absolute atomic E-state index is 0.256. The van der Waals surface area contributed by atoms with E-state index in [2.05, 4.69) is 10.5 Å². The van der Waals surface area contributed by atoms with Gasteiger partial charge in [0.25, 0.3) is 5.91 Å². The first-order chi connectivity index (χ1) is 11.2. The average molecular weight is 310 g/mol. The Bertz CT molecular complexity index is 660. The van der Waals surface area contributed by atoms with Gasteiger partial charge >= 0.3 is 0 Å². The van der Waals surface area contributed by atoms with Crippen molar-refractivity contribution in [3.63, 3.8) is 0 Å². The van der Waals surface area contributed by atoms with E-state index in [0.717, 1.165) is 24.1 Å². The lowest BCUT2D eigenvalue weighted by Crippen LogP contribution is -2.20. The van der Waals surface area contributed by atoms with Gasteiger partial charge in [0.15, 0.2) is 0 Å². The second kappa shape index (κ2) is 8.73. The monoisotopic (exact) mass is 310 g/mol. The standard InChI is InChI=1S/C19H22N2O2/c1-3-16(4-2)20-21-19(22)17-12-8-9-13-18(17)23-14-15-10-6-5-7-11-15/h5-13H,3-4,14H2,1-2H3,(H,21,22). The van der Waals surface area contributed by atoms with Crippen molar-refractivity contribution >= 4 is 11.6 Å². The quantitative estimate of drug-likeness (QED) is 0.616. The summed E-state index contributed by atoms with van der Waals surface area (Å²) in [5, 5.41) is 4.16. The third kappa shape index (κ3) is 4.95. The molecule has 0 aliphatic rings. The third-order valence-corrected chi connectivity index (χ3v) is 3.50. The lowest BCUT2D eigenvalue weighted by atomic mass is 10.2. The molecule has 2 aromatic rings. The van der Waals surface area contributed by atoms with Gasteiger partial charge in [0.05, 0.1) is 5.56 Å². The van der Waals surface area contributed by atoms with Gasteiger partial charge < -0.3 is 4.74 Å². The summed E-state index contributed by atoms with van der Waals surface area (Å²) < 4.78 is 5.79. The molecule has 0 radical (unpaired) electrons. The van der Waals surface area contributed by atoms with Crippen LogP contribution in [0.1, 0.15) is 42.6 Å². The Kier molecular flexibility index (Phi) is 6.36. The van der Waals surface area contributed by atoms with Crippen molar-refractivity contribution in [2.45, 2.75) is 33.3 Å². The van der Waals surface area contributed by atoms with Gasteiger partial charge in [-0.05, 0) is 30.5 Å². The fourth-order valence-electron chi connectivity index (χ4n) is 2.11. The molecule has 1 amide bonds. The van der Waals surface area contributed by atoms with Crippen LogP contribution in [0.4, 0.5) is 0 Å². The van der Waals surface area contributed by atoms with Gasteiger partial charge in [-0.3, -0.25) is 4.79 Å². The predicted octanol–water partition coefficient (Wildman–Crippen LogP) is 4.17. The number of hydrogen-bond acceptors (Lipinski definition) is 3. The van der Waals surface area contributed by atoms with Crippen LogP contribution in [0.15, 0.2) is 59.7 Å². The summed E-state index contributed by atoms with van der Waals surface area (Å²) in [5.74, 6) is 0.298. The number of hydrazone groups is 1. The summed E-state index contributed by atoms with van der Waals surface area (Å²) in [6.45, 7) is 4.46. The van der Waals surface area contributed by atoms with Crippen LogP contribution in [0.2, 0.25) is 0 Å². The van der Waals surface area contributed by atoms with E-state index in [1.54, 1.807) is 12.1 Å². The van der Waals surface area contributed by atoms with Gasteiger partial charge in [0.2, 0.25) is 0 Å². The number of carbonyl (C=O) groups excluding carboxylic acids is 1. The third-order valence-electron chi connectivity index (χ3n) is 3.50. The van der Waals surface area contributed by atoms with Crippen molar-refractivity contribution in [1.29, 1.82) is 0 Å². The molecule has 4 heteroatoms. The molecule has 1 N–H and O–H groups in total. The topological polar surface area (TPSA) is 50.7 Å². The summed E-state index contributed by atoms with van der Waals surface area (Å²) in [5.41, 5.74) is 5.11. The summed E-state index contributed by atoms with van der Waals surface area (Å²) >= 11 is 0. The number of benzene rings is 2. The Morgan fingerprint density at radius 2 is 1.65 bits per heavy atom. The van der Waals surface area contributed by atoms with Crippen LogP contribution in [0.5, 0.6) is 5.75 Å². The molecule has 0 aromatic heterocycles. The molecule has 0 unspecified atom stereocenters. The van der Waals surface area contributed by atoms with Crippen LogP contribution in [-0.2, 0) is 6.61 Å². The molecule has 2 rings (SSSR count). The van der Waals surface area contributed by atoms with Crippen LogP contribution < -0.4 is 10.2 Å². The zero-order valence-electron chi connectivity index (χ0n) is 13.6. The number of para-hydroxylation sites is 1. The molecule has 23 heavy (non-hydrogen) atoms. The molecule has 0 aliphatic carbocycles. The maximum Gasteiger partial charge on any atom is 0.275 e. The minimum atomic E-state index is -0.256. The molecule has 0 saturated carbocycles. The SMILES string of the molecule is CCC(CC)=NNC(=O)c1ccccc1OCc1ccccc1. The van der Waals surface area contributed by atoms with Crippen molar-refractivity contribution in [3.8, 4) is 5.75 Å². The van der Waals surface area contributed by atoms with Crippen LogP contribution in [-0.4, -0.2) is 11.6 Å². The summed E-state index contributed by atoms with van der Waals surface area (Å²) in [4.78, 5) is 12.3. The van der Waals surface area contributed by atoms with Gasteiger partial charge in [-0.25, -0.2) is 5.43 Å². The molecule has 0 saturated heterocycles. The van der Waals surface area contributed by atoms with Gasteiger partial charge in [-0.15, -0.1) is 0 Å². The number of nitrogens with one attached hydrogen (secondary N) is 1. The molecule has 0 spiro atoms. The highest BCUT2D eigenvalue weighted by Crippen LogP contribution is 2.19. The molecule has 0 heterocycles. The highest BCUT2D eigenvalue weighted by molar-refractivity contribution is 5.97. The summed E-state index contributed by atoms with van der Waals surface area (Å²) in [6.07, 6.45) is 1.64. The van der Waals surface area contributed by atoms with Gasteiger partial charge in [-0.1, -0.05) is 56.3 Å². The molecule has 0 bridgehead atoms. The van der Waals surface area contributed by atoms with E-state index < -0.39 is 0 Å². The maximum absolute atomic E-state index is 12.3. The number of hydrogen-bond donors (Lipinski definition) is 1. The van der Waals surface area contributed by atoms with E-state index in [0.29, 0.717) is 17.9 Å².